The average molecular weight is 653 g/mol. The van der Waals surface area contributed by atoms with Crippen LogP contribution in [-0.2, 0) is 28.6 Å². The third-order valence-corrected chi connectivity index (χ3v) is 8.39. The fourth-order valence-corrected chi connectivity index (χ4v) is 5.80. The number of aryl methyl sites for hydroxylation is 1. The number of ether oxygens (including phenoxy) is 3. The Labute approximate surface area is 268 Å². The van der Waals surface area contributed by atoms with Crippen LogP contribution in [0.1, 0.15) is 51.4 Å². The van der Waals surface area contributed by atoms with Gasteiger partial charge in [-0.2, -0.15) is 0 Å². The van der Waals surface area contributed by atoms with E-state index in [2.05, 4.69) is 15.6 Å². The number of thiazole rings is 1. The average Bonchev–Trinajstić information content (AvgIpc) is 3.59. The topological polar surface area (TPSA) is 139 Å². The molecule has 0 saturated carbocycles. The number of carbonyl (C=O) groups excluding carboxylic acids is 3. The molecule has 0 bridgehead atoms. The van der Waals surface area contributed by atoms with Crippen molar-refractivity contribution in [2.75, 3.05) is 52.1 Å². The number of benzene rings is 1. The highest BCUT2D eigenvalue weighted by molar-refractivity contribution is 7.13. The van der Waals surface area contributed by atoms with Gasteiger partial charge < -0.3 is 34.9 Å². The van der Waals surface area contributed by atoms with E-state index in [0.29, 0.717) is 25.7 Å². The molecule has 4 unspecified atom stereocenters. The maximum Gasteiger partial charge on any atom is 0.246 e. The summed E-state index contributed by atoms with van der Waals surface area (Å²) in [7, 11) is 0. The van der Waals surface area contributed by atoms with Crippen LogP contribution in [0, 0.1) is 12.3 Å². The van der Waals surface area contributed by atoms with E-state index in [1.165, 1.54) is 4.90 Å². The van der Waals surface area contributed by atoms with Gasteiger partial charge in [0.15, 0.2) is 0 Å². The van der Waals surface area contributed by atoms with Crippen molar-refractivity contribution < 1.29 is 33.7 Å². The van der Waals surface area contributed by atoms with E-state index >= 15 is 0 Å². The summed E-state index contributed by atoms with van der Waals surface area (Å²) in [5, 5.41) is 16.2. The molecule has 2 aromatic rings. The number of nitrogens with zero attached hydrogens (tertiary/aromatic N) is 2. The zero-order valence-electron chi connectivity index (χ0n) is 26.1. The van der Waals surface area contributed by atoms with Crippen molar-refractivity contribution in [3.8, 4) is 10.4 Å². The van der Waals surface area contributed by atoms with Gasteiger partial charge >= 0.3 is 0 Å². The Kier molecular flexibility index (Phi) is 14.0. The second-order valence-corrected chi connectivity index (χ2v) is 13.1. The Balaban J connectivity index is 1.56. The van der Waals surface area contributed by atoms with E-state index in [-0.39, 0.29) is 44.7 Å². The number of halogens is 1. The van der Waals surface area contributed by atoms with Crippen molar-refractivity contribution in [2.45, 2.75) is 65.3 Å². The largest absolute Gasteiger partial charge is 0.391 e. The van der Waals surface area contributed by atoms with Gasteiger partial charge in [0.25, 0.3) is 0 Å². The van der Waals surface area contributed by atoms with Crippen molar-refractivity contribution in [1.29, 1.82) is 0 Å². The van der Waals surface area contributed by atoms with Gasteiger partial charge in [-0.05, 0) is 30.4 Å². The lowest BCUT2D eigenvalue weighted by Gasteiger charge is -2.35. The van der Waals surface area contributed by atoms with Crippen LogP contribution in [-0.4, -0.2) is 103 Å². The number of hydrogen-bond acceptors (Lipinski definition) is 9. The van der Waals surface area contributed by atoms with E-state index in [1.807, 2.05) is 64.4 Å². The van der Waals surface area contributed by atoms with Gasteiger partial charge in [0, 0.05) is 18.8 Å². The minimum atomic E-state index is -0.935. The molecule has 244 valence electrons. The number of carbonyl (C=O) groups is 3. The SMILES string of the molecule is Cc1ncsc1-c1ccc(C(C)NC(=O)C2CC(O)CN2C(=O)C(NC(=O)COCCOCCOCCCl)C(C)(C)C)cc1. The second-order valence-electron chi connectivity index (χ2n) is 11.8. The molecule has 1 aliphatic rings. The van der Waals surface area contributed by atoms with Crippen molar-refractivity contribution in [1.82, 2.24) is 20.5 Å². The number of nitrogens with one attached hydrogen (secondary N) is 2. The summed E-state index contributed by atoms with van der Waals surface area (Å²) in [6, 6.07) is 5.79. The maximum absolute atomic E-state index is 13.8. The fourth-order valence-electron chi connectivity index (χ4n) is 4.88. The minimum absolute atomic E-state index is 0.000898. The van der Waals surface area contributed by atoms with Gasteiger partial charge in [0.1, 0.15) is 18.7 Å². The van der Waals surface area contributed by atoms with Crippen molar-refractivity contribution in [3.05, 3.63) is 41.0 Å². The number of likely N-dealkylation sites (tertiary alicyclic amines) is 1. The van der Waals surface area contributed by atoms with Gasteiger partial charge in [-0.25, -0.2) is 4.98 Å². The molecular weight excluding hydrogens is 608 g/mol. The number of rotatable bonds is 16. The quantitative estimate of drug-likeness (QED) is 0.186. The molecule has 3 N–H and O–H groups in total. The predicted molar refractivity (Wildman–Crippen MR) is 170 cm³/mol. The van der Waals surface area contributed by atoms with Crippen LogP contribution < -0.4 is 10.6 Å². The van der Waals surface area contributed by atoms with Crippen LogP contribution >= 0.6 is 22.9 Å². The highest BCUT2D eigenvalue weighted by atomic mass is 35.5. The third-order valence-electron chi connectivity index (χ3n) is 7.26. The molecule has 1 fully saturated rings. The molecule has 4 atom stereocenters. The fraction of sp³-hybridized carbons (Fsp3) is 0.613. The van der Waals surface area contributed by atoms with Crippen LogP contribution in [0.5, 0.6) is 0 Å². The molecule has 3 rings (SSSR count). The number of hydrogen-bond donors (Lipinski definition) is 3. The lowest BCUT2D eigenvalue weighted by Crippen LogP contribution is -2.58. The second kappa shape index (κ2) is 17.2. The maximum atomic E-state index is 13.8. The zero-order valence-corrected chi connectivity index (χ0v) is 27.7. The zero-order chi connectivity index (χ0) is 32.3. The highest BCUT2D eigenvalue weighted by Crippen LogP contribution is 2.29. The Morgan fingerprint density at radius 1 is 1.07 bits per heavy atom. The number of alkyl halides is 1. The summed E-state index contributed by atoms with van der Waals surface area (Å²) in [6.45, 7) is 10.8. The van der Waals surface area contributed by atoms with E-state index in [1.54, 1.807) is 11.3 Å². The molecule has 11 nitrogen and oxygen atoms in total. The number of β-amino-alcohol motifs (C(OH)–C–C–N with tert-alkyl or cyclic N) is 1. The van der Waals surface area contributed by atoms with E-state index in [0.717, 1.165) is 21.7 Å². The van der Waals surface area contributed by atoms with Crippen molar-refractivity contribution >= 4 is 40.7 Å². The van der Waals surface area contributed by atoms with E-state index in [4.69, 9.17) is 25.8 Å². The Hall–Kier alpha value is -2.61. The molecule has 0 aliphatic carbocycles. The smallest absolute Gasteiger partial charge is 0.246 e. The normalized spacial score (nSPS) is 18.2. The summed E-state index contributed by atoms with van der Waals surface area (Å²) >= 11 is 7.12. The molecule has 13 heteroatoms. The van der Waals surface area contributed by atoms with Crippen molar-refractivity contribution in [2.24, 2.45) is 5.41 Å². The molecule has 1 saturated heterocycles. The molecule has 44 heavy (non-hydrogen) atoms. The van der Waals surface area contributed by atoms with Gasteiger partial charge in [-0.15, -0.1) is 22.9 Å². The summed E-state index contributed by atoms with van der Waals surface area (Å²) in [6.07, 6.45) is -0.745. The third kappa shape index (κ3) is 10.5. The Bertz CT molecular complexity index is 1220. The Morgan fingerprint density at radius 2 is 1.70 bits per heavy atom. The standard InChI is InChI=1S/C31H45ClN4O7S/c1-20(22-6-8-23(9-7-22)27-21(2)33-19-44-27)34-29(39)25-16-24(37)17-36(25)30(40)28(31(3,4)5)35-26(38)18-43-15-14-42-13-12-41-11-10-32/h6-9,19-20,24-25,28,37H,10-18H2,1-5H3,(H,34,39)(H,35,38). The summed E-state index contributed by atoms with van der Waals surface area (Å²) in [4.78, 5) is 46.7. The van der Waals surface area contributed by atoms with Crippen LogP contribution in [0.3, 0.4) is 0 Å². The molecular formula is C31H45ClN4O7S. The number of aliphatic hydroxyl groups is 1. The van der Waals surface area contributed by atoms with Crippen LogP contribution in [0.15, 0.2) is 29.8 Å². The first kappa shape index (κ1) is 35.9. The summed E-state index contributed by atoms with van der Waals surface area (Å²) in [5.41, 5.74) is 4.08. The van der Waals surface area contributed by atoms with Gasteiger partial charge in [0.2, 0.25) is 17.7 Å². The van der Waals surface area contributed by atoms with E-state index < -0.39 is 35.4 Å². The lowest BCUT2D eigenvalue weighted by atomic mass is 9.85. The van der Waals surface area contributed by atoms with Gasteiger partial charge in [0.05, 0.1) is 61.3 Å². The Morgan fingerprint density at radius 3 is 2.30 bits per heavy atom. The van der Waals surface area contributed by atoms with Crippen molar-refractivity contribution in [3.63, 3.8) is 0 Å². The monoisotopic (exact) mass is 652 g/mol. The molecule has 0 spiro atoms. The molecule has 2 heterocycles. The summed E-state index contributed by atoms with van der Waals surface area (Å²) in [5.74, 6) is -0.832. The minimum Gasteiger partial charge on any atom is -0.391 e. The first-order valence-electron chi connectivity index (χ1n) is 14.8. The predicted octanol–water partition coefficient (Wildman–Crippen LogP) is 3.08. The molecule has 1 aliphatic heterocycles. The van der Waals surface area contributed by atoms with E-state index in [9.17, 15) is 19.5 Å². The number of amides is 3. The molecule has 1 aromatic carbocycles. The molecule has 0 radical (unpaired) electrons. The number of aliphatic hydroxyl groups excluding tert-OH is 1. The molecule has 3 amide bonds. The number of aromatic nitrogens is 1. The van der Waals surface area contributed by atoms with Gasteiger partial charge in [-0.3, -0.25) is 14.4 Å². The first-order chi connectivity index (χ1) is 20.9. The molecule has 1 aromatic heterocycles. The first-order valence-corrected chi connectivity index (χ1v) is 16.2. The summed E-state index contributed by atoms with van der Waals surface area (Å²) < 4.78 is 16.0. The van der Waals surface area contributed by atoms with Crippen LogP contribution in [0.25, 0.3) is 10.4 Å². The van der Waals surface area contributed by atoms with Crippen LogP contribution in [0.4, 0.5) is 0 Å². The van der Waals surface area contributed by atoms with Gasteiger partial charge in [-0.1, -0.05) is 45.0 Å². The highest BCUT2D eigenvalue weighted by Gasteiger charge is 2.44. The lowest BCUT2D eigenvalue weighted by molar-refractivity contribution is -0.144. The van der Waals surface area contributed by atoms with Crippen LogP contribution in [0.2, 0.25) is 0 Å².